The molecular weight excluding hydrogens is 188 g/mol. The summed E-state index contributed by atoms with van der Waals surface area (Å²) in [5, 5.41) is 14.1. The Morgan fingerprint density at radius 2 is 2.43 bits per heavy atom. The van der Waals surface area contributed by atoms with Crippen LogP contribution in [0.25, 0.3) is 6.08 Å². The maximum absolute atomic E-state index is 10.5. The van der Waals surface area contributed by atoms with Crippen molar-refractivity contribution >= 4 is 17.8 Å². The van der Waals surface area contributed by atoms with Crippen LogP contribution in [0.4, 0.5) is 5.82 Å². The molecule has 0 saturated heterocycles. The molecule has 0 aliphatic rings. The lowest BCUT2D eigenvalue weighted by Crippen LogP contribution is -2.05. The van der Waals surface area contributed by atoms with Gasteiger partial charge in [-0.05, 0) is 11.0 Å². The molecule has 0 aromatic carbocycles. The van der Waals surface area contributed by atoms with Gasteiger partial charge in [0.1, 0.15) is 0 Å². The number of carbonyl (C=O) groups is 1. The first-order chi connectivity index (χ1) is 6.50. The third kappa shape index (κ3) is 2.16. The normalized spacial score (nSPS) is 10.6. The van der Waals surface area contributed by atoms with E-state index in [0.29, 0.717) is 0 Å². The Morgan fingerprint density at radius 3 is 2.93 bits per heavy atom. The van der Waals surface area contributed by atoms with Crippen LogP contribution in [-0.4, -0.2) is 20.6 Å². The molecule has 2 N–H and O–H groups in total. The quantitative estimate of drug-likeness (QED) is 0.411. The van der Waals surface area contributed by atoms with Gasteiger partial charge in [0.2, 0.25) is 5.91 Å². The Bertz CT molecular complexity index is 407. The molecule has 7 nitrogen and oxygen atoms in total. The van der Waals surface area contributed by atoms with Gasteiger partial charge in [-0.25, -0.2) is 0 Å². The Hall–Kier alpha value is -2.18. The average Bonchev–Trinajstić information content (AvgIpc) is 2.43. The van der Waals surface area contributed by atoms with Crippen molar-refractivity contribution < 1.29 is 9.72 Å². The van der Waals surface area contributed by atoms with Crippen molar-refractivity contribution in [2.45, 2.75) is 0 Å². The van der Waals surface area contributed by atoms with Crippen molar-refractivity contribution in [1.82, 2.24) is 9.78 Å². The van der Waals surface area contributed by atoms with E-state index in [4.69, 9.17) is 5.73 Å². The van der Waals surface area contributed by atoms with Gasteiger partial charge in [-0.15, -0.1) is 0 Å². The highest BCUT2D eigenvalue weighted by Crippen LogP contribution is 2.16. The first kappa shape index (κ1) is 9.90. The Morgan fingerprint density at radius 1 is 1.79 bits per heavy atom. The molecule has 0 aliphatic heterocycles. The lowest BCUT2D eigenvalue weighted by molar-refractivity contribution is -0.390. The standard InChI is InChI=1S/C7H8N4O3/c1-10-4-5(2-3-6(8)12)7(9-10)11(13)14/h2-4H,1H3,(H2,8,12). The van der Waals surface area contributed by atoms with Gasteiger partial charge in [0.15, 0.2) is 0 Å². The minimum atomic E-state index is -0.664. The minimum Gasteiger partial charge on any atom is -0.366 e. The van der Waals surface area contributed by atoms with Crippen LogP contribution < -0.4 is 5.73 Å². The van der Waals surface area contributed by atoms with Crippen molar-refractivity contribution in [2.75, 3.05) is 0 Å². The fourth-order valence-electron chi connectivity index (χ4n) is 0.926. The zero-order valence-electron chi connectivity index (χ0n) is 7.38. The zero-order chi connectivity index (χ0) is 10.7. The van der Waals surface area contributed by atoms with Crippen molar-refractivity contribution in [3.05, 3.63) is 28.0 Å². The van der Waals surface area contributed by atoms with E-state index in [-0.39, 0.29) is 11.4 Å². The molecule has 0 saturated carbocycles. The number of rotatable bonds is 3. The first-order valence-corrected chi connectivity index (χ1v) is 3.66. The molecule has 1 heterocycles. The lowest BCUT2D eigenvalue weighted by atomic mass is 10.3. The van der Waals surface area contributed by atoms with Gasteiger partial charge in [-0.3, -0.25) is 4.79 Å². The van der Waals surface area contributed by atoms with Crippen LogP contribution in [0.1, 0.15) is 5.56 Å². The highest BCUT2D eigenvalue weighted by Gasteiger charge is 2.16. The van der Waals surface area contributed by atoms with E-state index in [1.807, 2.05) is 0 Å². The van der Waals surface area contributed by atoms with E-state index in [0.717, 1.165) is 6.08 Å². The third-order valence-electron chi connectivity index (χ3n) is 1.44. The average molecular weight is 196 g/mol. The van der Waals surface area contributed by atoms with Gasteiger partial charge < -0.3 is 15.8 Å². The Labute approximate surface area is 79.0 Å². The molecule has 0 aliphatic carbocycles. The highest BCUT2D eigenvalue weighted by atomic mass is 16.6. The summed E-state index contributed by atoms with van der Waals surface area (Å²) in [5.74, 6) is -0.965. The maximum Gasteiger partial charge on any atom is 0.397 e. The van der Waals surface area contributed by atoms with E-state index in [2.05, 4.69) is 5.10 Å². The molecule has 1 rings (SSSR count). The van der Waals surface area contributed by atoms with Crippen LogP contribution in [0.3, 0.4) is 0 Å². The van der Waals surface area contributed by atoms with Gasteiger partial charge in [0.05, 0.1) is 23.9 Å². The summed E-state index contributed by atoms with van der Waals surface area (Å²) < 4.78 is 1.29. The SMILES string of the molecule is Cn1cc(C=CC(N)=O)c([N+](=O)[O-])n1. The summed E-state index contributed by atoms with van der Waals surface area (Å²) in [6.07, 6.45) is 3.73. The smallest absolute Gasteiger partial charge is 0.366 e. The Balaban J connectivity index is 3.07. The van der Waals surface area contributed by atoms with Crippen LogP contribution in [0, 0.1) is 10.1 Å². The molecule has 0 spiro atoms. The predicted molar refractivity (Wildman–Crippen MR) is 48.1 cm³/mol. The van der Waals surface area contributed by atoms with Crippen molar-refractivity contribution in [3.8, 4) is 0 Å². The van der Waals surface area contributed by atoms with E-state index >= 15 is 0 Å². The van der Waals surface area contributed by atoms with Gasteiger partial charge in [0, 0.05) is 6.08 Å². The zero-order valence-corrected chi connectivity index (χ0v) is 7.38. The maximum atomic E-state index is 10.5. The highest BCUT2D eigenvalue weighted by molar-refractivity contribution is 5.90. The Kier molecular flexibility index (Phi) is 2.61. The largest absolute Gasteiger partial charge is 0.397 e. The molecule has 1 aromatic rings. The molecule has 74 valence electrons. The molecule has 14 heavy (non-hydrogen) atoms. The number of carbonyl (C=O) groups excluding carboxylic acids is 1. The van der Waals surface area contributed by atoms with E-state index in [1.165, 1.54) is 17.0 Å². The summed E-state index contributed by atoms with van der Waals surface area (Å²) >= 11 is 0. The summed E-state index contributed by atoms with van der Waals surface area (Å²) in [7, 11) is 1.55. The number of nitrogens with zero attached hydrogens (tertiary/aromatic N) is 3. The second kappa shape index (κ2) is 3.69. The summed E-state index contributed by atoms with van der Waals surface area (Å²) in [6, 6.07) is 0. The number of hydrogen-bond acceptors (Lipinski definition) is 4. The van der Waals surface area contributed by atoms with Gasteiger partial charge >= 0.3 is 5.82 Å². The number of amides is 1. The van der Waals surface area contributed by atoms with Crippen LogP contribution in [0.2, 0.25) is 0 Å². The first-order valence-electron chi connectivity index (χ1n) is 3.66. The van der Waals surface area contributed by atoms with Crippen LogP contribution >= 0.6 is 0 Å². The number of hydrogen-bond donors (Lipinski definition) is 1. The van der Waals surface area contributed by atoms with Crippen LogP contribution in [0.15, 0.2) is 12.3 Å². The number of nitrogens with two attached hydrogens (primary N) is 1. The fourth-order valence-corrected chi connectivity index (χ4v) is 0.926. The van der Waals surface area contributed by atoms with Crippen LogP contribution in [0.5, 0.6) is 0 Å². The molecule has 7 heteroatoms. The molecular formula is C7H8N4O3. The van der Waals surface area contributed by atoms with Crippen molar-refractivity contribution in [3.63, 3.8) is 0 Å². The third-order valence-corrected chi connectivity index (χ3v) is 1.44. The second-order valence-electron chi connectivity index (χ2n) is 2.57. The molecule has 1 amide bonds. The summed E-state index contributed by atoms with van der Waals surface area (Å²) in [6.45, 7) is 0. The topological polar surface area (TPSA) is 104 Å². The molecule has 0 radical (unpaired) electrons. The van der Waals surface area contributed by atoms with Gasteiger partial charge in [0.25, 0.3) is 0 Å². The molecule has 0 fully saturated rings. The van der Waals surface area contributed by atoms with Crippen LogP contribution in [-0.2, 0) is 11.8 Å². The lowest BCUT2D eigenvalue weighted by Gasteiger charge is -1.87. The van der Waals surface area contributed by atoms with Crippen molar-refractivity contribution in [1.29, 1.82) is 0 Å². The molecule has 1 aromatic heterocycles. The number of aromatic nitrogens is 2. The fraction of sp³-hybridized carbons (Fsp3) is 0.143. The molecule has 0 unspecified atom stereocenters. The monoisotopic (exact) mass is 196 g/mol. The molecule has 0 bridgehead atoms. The van der Waals surface area contributed by atoms with E-state index in [1.54, 1.807) is 7.05 Å². The van der Waals surface area contributed by atoms with Gasteiger partial charge in [-0.1, -0.05) is 0 Å². The number of primary amides is 1. The van der Waals surface area contributed by atoms with Crippen molar-refractivity contribution in [2.24, 2.45) is 12.8 Å². The predicted octanol–water partition coefficient (Wildman–Crippen LogP) is -0.173. The summed E-state index contributed by atoms with van der Waals surface area (Å²) in [4.78, 5) is 20.2. The summed E-state index contributed by atoms with van der Waals surface area (Å²) in [5.41, 5.74) is 5.10. The second-order valence-corrected chi connectivity index (χ2v) is 2.57. The molecule has 0 atom stereocenters. The number of nitro groups is 1. The number of aryl methyl sites for hydroxylation is 1. The van der Waals surface area contributed by atoms with E-state index in [9.17, 15) is 14.9 Å². The van der Waals surface area contributed by atoms with E-state index < -0.39 is 10.8 Å². The minimum absolute atomic E-state index is 0.247. The van der Waals surface area contributed by atoms with Gasteiger partial charge in [-0.2, -0.15) is 4.68 Å².